The van der Waals surface area contributed by atoms with Crippen molar-refractivity contribution in [3.63, 3.8) is 0 Å². The first-order valence-corrected chi connectivity index (χ1v) is 7.53. The number of carbonyl (C=O) groups is 2. The second-order valence-corrected chi connectivity index (χ2v) is 5.26. The molecule has 0 aliphatic carbocycles. The van der Waals surface area contributed by atoms with Gasteiger partial charge in [-0.3, -0.25) is 10.2 Å². The normalized spacial score (nSPS) is 10.1. The van der Waals surface area contributed by atoms with Crippen molar-refractivity contribution in [3.05, 3.63) is 53.0 Å². The zero-order chi connectivity index (χ0) is 17.5. The molecule has 0 atom stereocenters. The van der Waals surface area contributed by atoms with Crippen LogP contribution in [0.4, 0.5) is 4.79 Å². The van der Waals surface area contributed by atoms with E-state index in [0.29, 0.717) is 30.0 Å². The molecule has 0 spiro atoms. The van der Waals surface area contributed by atoms with Gasteiger partial charge >= 0.3 is 6.03 Å². The molecular weight excluding hydrogens is 310 g/mol. The maximum Gasteiger partial charge on any atom is 0.333 e. The van der Waals surface area contributed by atoms with Gasteiger partial charge in [-0.1, -0.05) is 12.1 Å². The van der Waals surface area contributed by atoms with E-state index in [1.165, 1.54) is 0 Å². The summed E-state index contributed by atoms with van der Waals surface area (Å²) < 4.78 is 10.4. The molecule has 0 saturated carbocycles. The van der Waals surface area contributed by atoms with Crippen LogP contribution in [0.3, 0.4) is 0 Å². The van der Waals surface area contributed by atoms with Crippen molar-refractivity contribution in [1.29, 1.82) is 0 Å². The Morgan fingerprint density at radius 3 is 2.42 bits per heavy atom. The molecule has 0 radical (unpaired) electrons. The van der Waals surface area contributed by atoms with Crippen LogP contribution < -0.4 is 20.9 Å². The van der Waals surface area contributed by atoms with E-state index in [1.807, 2.05) is 24.3 Å². The molecule has 2 rings (SSSR count). The lowest BCUT2D eigenvalue weighted by molar-refractivity contribution is 0.0934. The van der Waals surface area contributed by atoms with E-state index in [1.54, 1.807) is 27.0 Å². The lowest BCUT2D eigenvalue weighted by Gasteiger charge is -2.09. The zero-order valence-corrected chi connectivity index (χ0v) is 13.9. The number of carbonyl (C=O) groups excluding carboxylic acids is 2. The van der Waals surface area contributed by atoms with Crippen LogP contribution in [-0.2, 0) is 6.42 Å². The van der Waals surface area contributed by atoms with Crippen LogP contribution in [0.1, 0.15) is 27.4 Å². The molecule has 7 heteroatoms. The van der Waals surface area contributed by atoms with Gasteiger partial charge in [0.2, 0.25) is 0 Å². The first kappa shape index (κ1) is 17.4. The molecule has 128 valence electrons. The maximum absolute atomic E-state index is 11.9. The molecule has 1 heterocycles. The van der Waals surface area contributed by atoms with Crippen molar-refractivity contribution >= 4 is 11.9 Å². The van der Waals surface area contributed by atoms with Crippen LogP contribution in [-0.4, -0.2) is 25.6 Å². The summed E-state index contributed by atoms with van der Waals surface area (Å²) in [6, 6.07) is 8.74. The molecule has 0 aliphatic heterocycles. The standard InChI is InChI=1S/C17H21N3O4/c1-11-10-15(12(2)24-11)16(21)19-20-17(22)18-9-8-13-4-6-14(23-3)7-5-13/h4-7,10H,8-9H2,1-3H3,(H,19,21)(H2,18,20,22). The number of ether oxygens (including phenoxy) is 1. The van der Waals surface area contributed by atoms with Crippen molar-refractivity contribution in [2.75, 3.05) is 13.7 Å². The Balaban J connectivity index is 1.71. The summed E-state index contributed by atoms with van der Waals surface area (Å²) in [5, 5.41) is 2.67. The molecule has 24 heavy (non-hydrogen) atoms. The van der Waals surface area contributed by atoms with Crippen molar-refractivity contribution in [1.82, 2.24) is 16.2 Å². The Bertz CT molecular complexity index is 707. The largest absolute Gasteiger partial charge is 0.497 e. The monoisotopic (exact) mass is 331 g/mol. The van der Waals surface area contributed by atoms with E-state index < -0.39 is 11.9 Å². The molecule has 0 saturated heterocycles. The zero-order valence-electron chi connectivity index (χ0n) is 13.9. The number of methoxy groups -OCH3 is 1. The third kappa shape index (κ3) is 4.77. The molecule has 0 fully saturated rings. The van der Waals surface area contributed by atoms with Crippen LogP contribution in [0.25, 0.3) is 0 Å². The Labute approximate surface area is 140 Å². The minimum absolute atomic E-state index is 0.394. The molecule has 7 nitrogen and oxygen atoms in total. The highest BCUT2D eigenvalue weighted by Crippen LogP contribution is 2.13. The Kier molecular flexibility index (Phi) is 5.83. The number of rotatable bonds is 5. The summed E-state index contributed by atoms with van der Waals surface area (Å²) in [5.41, 5.74) is 6.12. The summed E-state index contributed by atoms with van der Waals surface area (Å²) in [6.07, 6.45) is 0.672. The van der Waals surface area contributed by atoms with Crippen molar-refractivity contribution in [2.45, 2.75) is 20.3 Å². The number of aryl methyl sites for hydroxylation is 2. The molecule has 1 aromatic heterocycles. The fourth-order valence-corrected chi connectivity index (χ4v) is 2.19. The summed E-state index contributed by atoms with van der Waals surface area (Å²) in [6.45, 7) is 3.89. The summed E-state index contributed by atoms with van der Waals surface area (Å²) in [7, 11) is 1.61. The fraction of sp³-hybridized carbons (Fsp3) is 0.294. The fourth-order valence-electron chi connectivity index (χ4n) is 2.19. The van der Waals surface area contributed by atoms with Gasteiger partial charge in [0.15, 0.2) is 0 Å². The first-order chi connectivity index (χ1) is 11.5. The van der Waals surface area contributed by atoms with Crippen LogP contribution >= 0.6 is 0 Å². The molecule has 3 amide bonds. The lowest BCUT2D eigenvalue weighted by atomic mass is 10.1. The summed E-state index contributed by atoms with van der Waals surface area (Å²) >= 11 is 0. The topological polar surface area (TPSA) is 92.6 Å². The quantitative estimate of drug-likeness (QED) is 0.732. The molecular formula is C17H21N3O4. The second kappa shape index (κ2) is 8.05. The van der Waals surface area contributed by atoms with E-state index in [2.05, 4.69) is 16.2 Å². The van der Waals surface area contributed by atoms with Gasteiger partial charge in [-0.15, -0.1) is 0 Å². The second-order valence-electron chi connectivity index (χ2n) is 5.26. The molecule has 3 N–H and O–H groups in total. The molecule has 1 aromatic carbocycles. The van der Waals surface area contributed by atoms with Gasteiger partial charge in [0.05, 0.1) is 12.7 Å². The molecule has 2 aromatic rings. The van der Waals surface area contributed by atoms with Crippen molar-refractivity contribution < 1.29 is 18.7 Å². The Morgan fingerprint density at radius 2 is 1.83 bits per heavy atom. The van der Waals surface area contributed by atoms with Crippen molar-refractivity contribution in [2.24, 2.45) is 0 Å². The molecule has 0 bridgehead atoms. The van der Waals surface area contributed by atoms with E-state index in [9.17, 15) is 9.59 Å². The average molecular weight is 331 g/mol. The van der Waals surface area contributed by atoms with Crippen LogP contribution in [0.15, 0.2) is 34.7 Å². The predicted molar refractivity (Wildman–Crippen MR) is 88.9 cm³/mol. The van der Waals surface area contributed by atoms with Gasteiger partial charge in [-0.2, -0.15) is 0 Å². The summed E-state index contributed by atoms with van der Waals surface area (Å²) in [4.78, 5) is 23.6. The number of nitrogens with one attached hydrogen (secondary N) is 3. The highest BCUT2D eigenvalue weighted by Gasteiger charge is 2.13. The Hall–Kier alpha value is -2.96. The Morgan fingerprint density at radius 1 is 1.12 bits per heavy atom. The number of hydrazine groups is 1. The lowest BCUT2D eigenvalue weighted by Crippen LogP contribution is -2.47. The van der Waals surface area contributed by atoms with Crippen LogP contribution in [0, 0.1) is 13.8 Å². The summed E-state index contributed by atoms with van der Waals surface area (Å²) in [5.74, 6) is 1.51. The number of furan rings is 1. The third-order valence-corrected chi connectivity index (χ3v) is 3.43. The SMILES string of the molecule is COc1ccc(CCNC(=O)NNC(=O)c2cc(C)oc2C)cc1. The smallest absolute Gasteiger partial charge is 0.333 e. The van der Waals surface area contributed by atoms with Gasteiger partial charge in [0.25, 0.3) is 5.91 Å². The number of hydrogen-bond acceptors (Lipinski definition) is 4. The maximum atomic E-state index is 11.9. The van der Waals surface area contributed by atoms with Crippen LogP contribution in [0.5, 0.6) is 5.75 Å². The van der Waals surface area contributed by atoms with Gasteiger partial charge < -0.3 is 14.5 Å². The third-order valence-electron chi connectivity index (χ3n) is 3.43. The highest BCUT2D eigenvalue weighted by molar-refractivity contribution is 5.96. The van der Waals surface area contributed by atoms with E-state index in [0.717, 1.165) is 11.3 Å². The predicted octanol–water partition coefficient (Wildman–Crippen LogP) is 2.09. The minimum atomic E-state index is -0.477. The van der Waals surface area contributed by atoms with Gasteiger partial charge in [0, 0.05) is 6.54 Å². The molecule has 0 unspecified atom stereocenters. The average Bonchev–Trinajstić information content (AvgIpc) is 2.92. The molecule has 0 aliphatic rings. The van der Waals surface area contributed by atoms with Crippen LogP contribution in [0.2, 0.25) is 0 Å². The van der Waals surface area contributed by atoms with Gasteiger partial charge in [-0.05, 0) is 44.0 Å². The van der Waals surface area contributed by atoms with E-state index in [4.69, 9.17) is 9.15 Å². The first-order valence-electron chi connectivity index (χ1n) is 7.53. The highest BCUT2D eigenvalue weighted by atomic mass is 16.5. The van der Waals surface area contributed by atoms with Gasteiger partial charge in [0.1, 0.15) is 17.3 Å². The van der Waals surface area contributed by atoms with Gasteiger partial charge in [-0.25, -0.2) is 10.2 Å². The number of benzene rings is 1. The number of hydrogen-bond donors (Lipinski definition) is 3. The van der Waals surface area contributed by atoms with Crippen molar-refractivity contribution in [3.8, 4) is 5.75 Å². The minimum Gasteiger partial charge on any atom is -0.497 e. The van der Waals surface area contributed by atoms with E-state index >= 15 is 0 Å². The van der Waals surface area contributed by atoms with E-state index in [-0.39, 0.29) is 0 Å². The number of urea groups is 1. The number of amides is 3.